The second kappa shape index (κ2) is 10.2. The van der Waals surface area contributed by atoms with Crippen LogP contribution in [0, 0.1) is 0 Å². The average Bonchev–Trinajstić information content (AvgIpc) is 2.74. The lowest BCUT2D eigenvalue weighted by Gasteiger charge is -2.20. The highest BCUT2D eigenvalue weighted by atomic mass is 35.5. The molecule has 1 amide bonds. The number of anilines is 1. The van der Waals surface area contributed by atoms with Gasteiger partial charge in [-0.3, -0.25) is 4.79 Å². The van der Waals surface area contributed by atoms with E-state index in [4.69, 9.17) is 27.9 Å². The molecule has 0 aliphatic carbocycles. The normalized spacial score (nSPS) is 12.2. The molecule has 31 heavy (non-hydrogen) atoms. The maximum atomic E-state index is 13.1. The molecule has 0 aromatic heterocycles. The fourth-order valence-corrected chi connectivity index (χ4v) is 4.40. The molecule has 0 radical (unpaired) electrons. The van der Waals surface area contributed by atoms with Crippen LogP contribution in [0.5, 0.6) is 5.75 Å². The summed E-state index contributed by atoms with van der Waals surface area (Å²) in [6, 6.07) is 18.5. The number of carbonyl (C=O) groups excluding carboxylic acids is 1. The Morgan fingerprint density at radius 3 is 2.26 bits per heavy atom. The Morgan fingerprint density at radius 1 is 0.968 bits per heavy atom. The van der Waals surface area contributed by atoms with Gasteiger partial charge in [-0.1, -0.05) is 53.5 Å². The first kappa shape index (κ1) is 23.1. The van der Waals surface area contributed by atoms with E-state index in [1.165, 1.54) is 37.4 Å². The predicted molar refractivity (Wildman–Crippen MR) is 122 cm³/mol. The molecule has 0 bridgehead atoms. The largest absolute Gasteiger partial charge is 0.495 e. The number of halogens is 2. The van der Waals surface area contributed by atoms with Crippen LogP contribution in [0.1, 0.15) is 5.56 Å². The summed E-state index contributed by atoms with van der Waals surface area (Å²) in [7, 11) is -2.52. The van der Waals surface area contributed by atoms with Gasteiger partial charge in [-0.05, 0) is 54.4 Å². The first-order valence-electron chi connectivity index (χ1n) is 9.25. The summed E-state index contributed by atoms with van der Waals surface area (Å²) >= 11 is 11.9. The van der Waals surface area contributed by atoms with Crippen molar-refractivity contribution in [1.82, 2.24) is 4.72 Å². The van der Waals surface area contributed by atoms with Crippen LogP contribution in [0.25, 0.3) is 0 Å². The Bertz CT molecular complexity index is 1150. The molecule has 6 nitrogen and oxygen atoms in total. The minimum Gasteiger partial charge on any atom is -0.495 e. The third-order valence-electron chi connectivity index (χ3n) is 4.44. The maximum Gasteiger partial charge on any atom is 0.243 e. The van der Waals surface area contributed by atoms with Crippen molar-refractivity contribution in [3.05, 3.63) is 88.4 Å². The topological polar surface area (TPSA) is 84.5 Å². The van der Waals surface area contributed by atoms with Gasteiger partial charge in [-0.2, -0.15) is 4.72 Å². The van der Waals surface area contributed by atoms with Crippen molar-refractivity contribution in [2.45, 2.75) is 17.4 Å². The molecule has 0 fully saturated rings. The number of nitrogens with one attached hydrogen (secondary N) is 2. The molecule has 0 saturated carbocycles. The highest BCUT2D eigenvalue weighted by Crippen LogP contribution is 2.28. The number of hydrogen-bond donors (Lipinski definition) is 2. The summed E-state index contributed by atoms with van der Waals surface area (Å²) in [6.07, 6.45) is 0.141. The van der Waals surface area contributed by atoms with Crippen LogP contribution in [0.3, 0.4) is 0 Å². The highest BCUT2D eigenvalue weighted by molar-refractivity contribution is 7.89. The van der Waals surface area contributed by atoms with Crippen LogP contribution >= 0.6 is 23.2 Å². The number of sulfonamides is 1. The molecule has 0 unspecified atom stereocenters. The Labute approximate surface area is 191 Å². The van der Waals surface area contributed by atoms with Gasteiger partial charge in [0.25, 0.3) is 0 Å². The predicted octanol–water partition coefficient (Wildman–Crippen LogP) is 4.53. The van der Waals surface area contributed by atoms with Gasteiger partial charge < -0.3 is 10.1 Å². The fourth-order valence-electron chi connectivity index (χ4n) is 2.90. The molecule has 0 aliphatic heterocycles. The van der Waals surface area contributed by atoms with Crippen LogP contribution in [0.15, 0.2) is 77.7 Å². The SMILES string of the molecule is COc1ccc(Cl)cc1NC(=O)[C@H](Cc1ccccc1)NS(=O)(=O)c1ccc(Cl)cc1. The van der Waals surface area contributed by atoms with Crippen molar-refractivity contribution < 1.29 is 17.9 Å². The molecule has 3 rings (SSSR count). The average molecular weight is 479 g/mol. The number of carbonyl (C=O) groups is 1. The van der Waals surface area contributed by atoms with Gasteiger partial charge in [0.15, 0.2) is 0 Å². The van der Waals surface area contributed by atoms with Gasteiger partial charge in [0.2, 0.25) is 15.9 Å². The van der Waals surface area contributed by atoms with Crippen LogP contribution < -0.4 is 14.8 Å². The van der Waals surface area contributed by atoms with E-state index in [0.717, 1.165) is 5.56 Å². The minimum absolute atomic E-state index is 0.00287. The lowest BCUT2D eigenvalue weighted by atomic mass is 10.1. The van der Waals surface area contributed by atoms with Gasteiger partial charge in [-0.25, -0.2) is 8.42 Å². The van der Waals surface area contributed by atoms with Crippen LogP contribution in [-0.4, -0.2) is 27.5 Å². The lowest BCUT2D eigenvalue weighted by molar-refractivity contribution is -0.117. The second-order valence-corrected chi connectivity index (χ2v) is 9.24. The van der Waals surface area contributed by atoms with E-state index in [9.17, 15) is 13.2 Å². The molecule has 1 atom stereocenters. The van der Waals surface area contributed by atoms with E-state index in [1.54, 1.807) is 12.1 Å². The van der Waals surface area contributed by atoms with E-state index < -0.39 is 22.0 Å². The molecule has 162 valence electrons. The first-order valence-corrected chi connectivity index (χ1v) is 11.5. The van der Waals surface area contributed by atoms with Gasteiger partial charge in [0.1, 0.15) is 11.8 Å². The van der Waals surface area contributed by atoms with E-state index in [-0.39, 0.29) is 11.3 Å². The summed E-state index contributed by atoms with van der Waals surface area (Å²) in [4.78, 5) is 13.1. The van der Waals surface area contributed by atoms with E-state index >= 15 is 0 Å². The number of methoxy groups -OCH3 is 1. The van der Waals surface area contributed by atoms with Crippen molar-refractivity contribution in [1.29, 1.82) is 0 Å². The zero-order chi connectivity index (χ0) is 22.4. The number of ether oxygens (including phenoxy) is 1. The molecular formula is C22H20Cl2N2O4S. The molecule has 0 saturated heterocycles. The first-order chi connectivity index (χ1) is 14.8. The Morgan fingerprint density at radius 2 is 1.61 bits per heavy atom. The zero-order valence-corrected chi connectivity index (χ0v) is 18.8. The van der Waals surface area contributed by atoms with Crippen LogP contribution in [0.2, 0.25) is 10.0 Å². The third kappa shape index (κ3) is 6.21. The Kier molecular flexibility index (Phi) is 7.56. The Hall–Kier alpha value is -2.58. The van der Waals surface area contributed by atoms with Crippen molar-refractivity contribution in [3.63, 3.8) is 0 Å². The maximum absolute atomic E-state index is 13.1. The highest BCUT2D eigenvalue weighted by Gasteiger charge is 2.27. The number of hydrogen-bond acceptors (Lipinski definition) is 4. The molecule has 3 aromatic rings. The van der Waals surface area contributed by atoms with Crippen LogP contribution in [0.4, 0.5) is 5.69 Å². The number of benzene rings is 3. The number of amides is 1. The quantitative estimate of drug-likeness (QED) is 0.497. The minimum atomic E-state index is -3.98. The molecule has 0 aliphatic rings. The van der Waals surface area contributed by atoms with Gasteiger partial charge in [0, 0.05) is 10.0 Å². The third-order valence-corrected chi connectivity index (χ3v) is 6.41. The summed E-state index contributed by atoms with van der Waals surface area (Å²) in [6.45, 7) is 0. The Balaban J connectivity index is 1.90. The molecular weight excluding hydrogens is 459 g/mol. The lowest BCUT2D eigenvalue weighted by Crippen LogP contribution is -2.45. The molecule has 9 heteroatoms. The molecule has 0 spiro atoms. The van der Waals surface area contributed by atoms with E-state index in [0.29, 0.717) is 21.5 Å². The fraction of sp³-hybridized carbons (Fsp3) is 0.136. The zero-order valence-electron chi connectivity index (χ0n) is 16.5. The smallest absolute Gasteiger partial charge is 0.243 e. The van der Waals surface area contributed by atoms with Gasteiger partial charge in [-0.15, -0.1) is 0 Å². The van der Waals surface area contributed by atoms with Gasteiger partial charge in [0.05, 0.1) is 17.7 Å². The van der Waals surface area contributed by atoms with Crippen molar-refractivity contribution >= 4 is 44.8 Å². The molecule has 2 N–H and O–H groups in total. The molecule has 0 heterocycles. The monoisotopic (exact) mass is 478 g/mol. The summed E-state index contributed by atoms with van der Waals surface area (Å²) in [5, 5.41) is 3.52. The number of rotatable bonds is 8. The van der Waals surface area contributed by atoms with Crippen molar-refractivity contribution in [3.8, 4) is 5.75 Å². The second-order valence-electron chi connectivity index (χ2n) is 6.65. The van der Waals surface area contributed by atoms with E-state index in [1.807, 2.05) is 30.3 Å². The summed E-state index contributed by atoms with van der Waals surface area (Å²) in [5.74, 6) is -0.154. The van der Waals surface area contributed by atoms with Crippen LogP contribution in [-0.2, 0) is 21.2 Å². The van der Waals surface area contributed by atoms with Gasteiger partial charge >= 0.3 is 0 Å². The standard InChI is InChI=1S/C22H20Cl2N2O4S/c1-30-21-12-9-17(24)14-19(21)25-22(27)20(13-15-5-3-2-4-6-15)26-31(28,29)18-10-7-16(23)8-11-18/h2-12,14,20,26H,13H2,1H3,(H,25,27)/t20-/m0/s1. The van der Waals surface area contributed by atoms with Crippen molar-refractivity contribution in [2.75, 3.05) is 12.4 Å². The van der Waals surface area contributed by atoms with Crippen molar-refractivity contribution in [2.24, 2.45) is 0 Å². The summed E-state index contributed by atoms with van der Waals surface area (Å²) < 4.78 is 33.5. The molecule has 3 aromatic carbocycles. The van der Waals surface area contributed by atoms with E-state index in [2.05, 4.69) is 10.0 Å². The summed E-state index contributed by atoms with van der Waals surface area (Å²) in [5.41, 5.74) is 1.13.